The summed E-state index contributed by atoms with van der Waals surface area (Å²) in [7, 11) is 0. The lowest BCUT2D eigenvalue weighted by atomic mass is 10.1. The third-order valence-corrected chi connectivity index (χ3v) is 2.96. The number of rotatable bonds is 7. The second-order valence-corrected chi connectivity index (χ2v) is 4.41. The van der Waals surface area contributed by atoms with Crippen LogP contribution in [0, 0.1) is 0 Å². The first-order valence-corrected chi connectivity index (χ1v) is 6.60. The van der Waals surface area contributed by atoms with Crippen LogP contribution in [0.2, 0.25) is 0 Å². The Morgan fingerprint density at radius 2 is 2.00 bits per heavy atom. The van der Waals surface area contributed by atoms with Crippen molar-refractivity contribution in [3.05, 3.63) is 36.4 Å². The summed E-state index contributed by atoms with van der Waals surface area (Å²) in [4.78, 5) is 0. The second-order valence-electron chi connectivity index (χ2n) is 4.41. The average molecular weight is 247 g/mol. The molecule has 18 heavy (non-hydrogen) atoms. The lowest BCUT2D eigenvalue weighted by Gasteiger charge is -2.18. The number of nitrogens with one attached hydrogen (secondary N) is 1. The Hall–Kier alpha value is -1.48. The van der Waals surface area contributed by atoms with E-state index in [9.17, 15) is 0 Å². The zero-order chi connectivity index (χ0) is 12.6. The summed E-state index contributed by atoms with van der Waals surface area (Å²) in [6, 6.07) is 6.19. The Balaban J connectivity index is 1.74. The molecule has 3 heteroatoms. The van der Waals surface area contributed by atoms with Crippen LogP contribution in [0.1, 0.15) is 18.4 Å². The normalized spacial score (nSPS) is 13.3. The van der Waals surface area contributed by atoms with Crippen molar-refractivity contribution < 1.29 is 9.47 Å². The molecule has 0 unspecified atom stereocenters. The standard InChI is InChI=1S/C15H21NO2/c1-2-3-4-8-16-9-7-13-5-6-14-15(12-13)18-11-10-17-14/h2,5-6,12,16H,1,3-4,7-11H2. The summed E-state index contributed by atoms with van der Waals surface area (Å²) in [6.45, 7) is 7.06. The maximum Gasteiger partial charge on any atom is 0.161 e. The number of allylic oxidation sites excluding steroid dienone is 1. The van der Waals surface area contributed by atoms with Crippen molar-refractivity contribution in [1.29, 1.82) is 0 Å². The van der Waals surface area contributed by atoms with E-state index in [-0.39, 0.29) is 0 Å². The molecule has 0 bridgehead atoms. The van der Waals surface area contributed by atoms with E-state index in [0.717, 1.165) is 43.9 Å². The number of benzene rings is 1. The molecule has 0 atom stereocenters. The van der Waals surface area contributed by atoms with E-state index in [1.807, 2.05) is 12.1 Å². The molecule has 1 aromatic rings. The number of unbranched alkanes of at least 4 members (excludes halogenated alkanes) is 1. The van der Waals surface area contributed by atoms with Crippen molar-refractivity contribution >= 4 is 0 Å². The van der Waals surface area contributed by atoms with Gasteiger partial charge in [0.2, 0.25) is 0 Å². The first kappa shape index (κ1) is 13.0. The molecule has 0 saturated carbocycles. The Labute approximate surface area is 109 Å². The first-order valence-electron chi connectivity index (χ1n) is 6.60. The van der Waals surface area contributed by atoms with Gasteiger partial charge in [-0.3, -0.25) is 0 Å². The Bertz CT molecular complexity index is 390. The van der Waals surface area contributed by atoms with E-state index in [1.165, 1.54) is 5.56 Å². The molecule has 1 aliphatic heterocycles. The van der Waals surface area contributed by atoms with E-state index in [4.69, 9.17) is 9.47 Å². The zero-order valence-corrected chi connectivity index (χ0v) is 10.8. The van der Waals surface area contributed by atoms with E-state index < -0.39 is 0 Å². The fourth-order valence-corrected chi connectivity index (χ4v) is 1.97. The minimum Gasteiger partial charge on any atom is -0.486 e. The molecular weight excluding hydrogens is 226 g/mol. The fourth-order valence-electron chi connectivity index (χ4n) is 1.97. The molecule has 1 N–H and O–H groups in total. The van der Waals surface area contributed by atoms with E-state index in [2.05, 4.69) is 24.0 Å². The van der Waals surface area contributed by atoms with Gasteiger partial charge in [-0.25, -0.2) is 0 Å². The van der Waals surface area contributed by atoms with Crippen LogP contribution in [0.5, 0.6) is 11.5 Å². The van der Waals surface area contributed by atoms with Crippen LogP contribution in [0.15, 0.2) is 30.9 Å². The maximum absolute atomic E-state index is 5.57. The van der Waals surface area contributed by atoms with Gasteiger partial charge in [0, 0.05) is 0 Å². The number of hydrogen-bond donors (Lipinski definition) is 1. The van der Waals surface area contributed by atoms with Crippen molar-refractivity contribution in [3.8, 4) is 11.5 Å². The first-order chi connectivity index (χ1) is 8.90. The summed E-state index contributed by atoms with van der Waals surface area (Å²) in [5.74, 6) is 1.74. The Morgan fingerprint density at radius 1 is 1.17 bits per heavy atom. The molecule has 2 rings (SSSR count). The molecule has 1 heterocycles. The number of hydrogen-bond acceptors (Lipinski definition) is 3. The molecule has 3 nitrogen and oxygen atoms in total. The van der Waals surface area contributed by atoms with Crippen LogP contribution in [0.3, 0.4) is 0 Å². The van der Waals surface area contributed by atoms with Crippen LogP contribution in [-0.4, -0.2) is 26.3 Å². The van der Waals surface area contributed by atoms with Crippen molar-refractivity contribution in [2.45, 2.75) is 19.3 Å². The molecule has 0 radical (unpaired) electrons. The van der Waals surface area contributed by atoms with Crippen molar-refractivity contribution in [2.75, 3.05) is 26.3 Å². The van der Waals surface area contributed by atoms with Crippen LogP contribution in [0.4, 0.5) is 0 Å². The molecule has 98 valence electrons. The van der Waals surface area contributed by atoms with Gasteiger partial charge in [-0.2, -0.15) is 0 Å². The Morgan fingerprint density at radius 3 is 2.83 bits per heavy atom. The van der Waals surface area contributed by atoms with Gasteiger partial charge in [-0.15, -0.1) is 6.58 Å². The van der Waals surface area contributed by atoms with Crippen LogP contribution in [-0.2, 0) is 6.42 Å². The molecule has 0 aliphatic carbocycles. The molecular formula is C15H21NO2. The summed E-state index contributed by atoms with van der Waals surface area (Å²) in [5.41, 5.74) is 1.29. The lowest BCUT2D eigenvalue weighted by Crippen LogP contribution is -2.19. The minimum absolute atomic E-state index is 0.649. The third-order valence-electron chi connectivity index (χ3n) is 2.96. The van der Waals surface area contributed by atoms with Gasteiger partial charge in [0.15, 0.2) is 11.5 Å². The van der Waals surface area contributed by atoms with Crippen LogP contribution in [0.25, 0.3) is 0 Å². The molecule has 0 fully saturated rings. The van der Waals surface area contributed by atoms with Crippen LogP contribution >= 0.6 is 0 Å². The summed E-state index contributed by atoms with van der Waals surface area (Å²) in [6.07, 6.45) is 5.22. The van der Waals surface area contributed by atoms with E-state index >= 15 is 0 Å². The monoisotopic (exact) mass is 247 g/mol. The molecule has 1 aliphatic rings. The molecule has 0 aromatic heterocycles. The van der Waals surface area contributed by atoms with Crippen molar-refractivity contribution in [3.63, 3.8) is 0 Å². The quantitative estimate of drug-likeness (QED) is 0.593. The third kappa shape index (κ3) is 3.77. The van der Waals surface area contributed by atoms with Crippen molar-refractivity contribution in [2.24, 2.45) is 0 Å². The highest BCUT2D eigenvalue weighted by Crippen LogP contribution is 2.30. The molecule has 0 spiro atoms. The molecule has 0 amide bonds. The SMILES string of the molecule is C=CCCCNCCc1ccc2c(c1)OCCO2. The second kappa shape index (κ2) is 7.07. The molecule has 1 aromatic carbocycles. The van der Waals surface area contributed by atoms with E-state index in [1.54, 1.807) is 0 Å². The van der Waals surface area contributed by atoms with Gasteiger partial charge >= 0.3 is 0 Å². The number of fused-ring (bicyclic) bond motifs is 1. The summed E-state index contributed by atoms with van der Waals surface area (Å²) in [5, 5.41) is 3.43. The average Bonchev–Trinajstić information content (AvgIpc) is 2.42. The minimum atomic E-state index is 0.649. The van der Waals surface area contributed by atoms with Crippen LogP contribution < -0.4 is 14.8 Å². The topological polar surface area (TPSA) is 30.5 Å². The smallest absolute Gasteiger partial charge is 0.161 e. The largest absolute Gasteiger partial charge is 0.486 e. The zero-order valence-electron chi connectivity index (χ0n) is 10.8. The highest BCUT2D eigenvalue weighted by atomic mass is 16.6. The highest BCUT2D eigenvalue weighted by Gasteiger charge is 2.11. The molecule has 0 saturated heterocycles. The van der Waals surface area contributed by atoms with Gasteiger partial charge in [0.1, 0.15) is 13.2 Å². The summed E-state index contributed by atoms with van der Waals surface area (Å²) < 4.78 is 11.1. The predicted octanol–water partition coefficient (Wildman–Crippen LogP) is 2.56. The van der Waals surface area contributed by atoms with E-state index in [0.29, 0.717) is 13.2 Å². The van der Waals surface area contributed by atoms with Gasteiger partial charge in [0.25, 0.3) is 0 Å². The van der Waals surface area contributed by atoms with Crippen molar-refractivity contribution in [1.82, 2.24) is 5.32 Å². The maximum atomic E-state index is 5.57. The van der Waals surface area contributed by atoms with Gasteiger partial charge in [0.05, 0.1) is 0 Å². The number of ether oxygens (including phenoxy) is 2. The van der Waals surface area contributed by atoms with Gasteiger partial charge < -0.3 is 14.8 Å². The Kier molecular flexibility index (Phi) is 5.09. The van der Waals surface area contributed by atoms with Gasteiger partial charge in [-0.1, -0.05) is 12.1 Å². The fraction of sp³-hybridized carbons (Fsp3) is 0.467. The van der Waals surface area contributed by atoms with Gasteiger partial charge in [-0.05, 0) is 50.0 Å². The lowest BCUT2D eigenvalue weighted by molar-refractivity contribution is 0.171. The summed E-state index contributed by atoms with van der Waals surface area (Å²) >= 11 is 0. The highest BCUT2D eigenvalue weighted by molar-refractivity contribution is 5.43. The predicted molar refractivity (Wildman–Crippen MR) is 73.4 cm³/mol.